The summed E-state index contributed by atoms with van der Waals surface area (Å²) in [5.41, 5.74) is 1.07. The lowest BCUT2D eigenvalue weighted by molar-refractivity contribution is 0.223. The summed E-state index contributed by atoms with van der Waals surface area (Å²) in [5.74, 6) is 2.17. The maximum Gasteiger partial charge on any atom is 0.243 e. The summed E-state index contributed by atoms with van der Waals surface area (Å²) in [6.07, 6.45) is 0.109. The maximum atomic E-state index is 5.76. The predicted molar refractivity (Wildman–Crippen MR) is 84.2 cm³/mol. The highest BCUT2D eigenvalue weighted by Gasteiger charge is 2.09. The Morgan fingerprint density at radius 1 is 1.23 bits per heavy atom. The number of hydrogen-bond donors (Lipinski definition) is 1. The van der Waals surface area contributed by atoms with Crippen LogP contribution in [0.15, 0.2) is 18.2 Å². The smallest absolute Gasteiger partial charge is 0.243 e. The van der Waals surface area contributed by atoms with Crippen LogP contribution in [-0.4, -0.2) is 32.9 Å². The molecule has 1 aromatic carbocycles. The molecule has 2 rings (SSSR count). The van der Waals surface area contributed by atoms with Crippen LogP contribution in [0.2, 0.25) is 0 Å². The second kappa shape index (κ2) is 7.63. The molecule has 22 heavy (non-hydrogen) atoms. The van der Waals surface area contributed by atoms with Gasteiger partial charge in [-0.2, -0.15) is 0 Å². The lowest BCUT2D eigenvalue weighted by atomic mass is 10.2. The van der Waals surface area contributed by atoms with Crippen molar-refractivity contribution in [2.45, 2.75) is 46.9 Å². The Hall–Kier alpha value is -2.31. The second-order valence-corrected chi connectivity index (χ2v) is 5.05. The third-order valence-electron chi connectivity index (χ3n) is 2.95. The molecular formula is C15H23N5O2. The minimum absolute atomic E-state index is 0.109. The molecule has 0 aliphatic rings. The van der Waals surface area contributed by atoms with Crippen molar-refractivity contribution in [2.24, 2.45) is 0 Å². The van der Waals surface area contributed by atoms with Gasteiger partial charge in [0.1, 0.15) is 0 Å². The Morgan fingerprint density at radius 2 is 2.05 bits per heavy atom. The first-order chi connectivity index (χ1) is 10.6. The molecule has 0 spiro atoms. The Morgan fingerprint density at radius 3 is 2.73 bits per heavy atom. The highest BCUT2D eigenvalue weighted by Crippen LogP contribution is 2.29. The standard InChI is InChI=1S/C15H23N5O2/c1-5-20-15(17-18-19-20)16-10-12-7-8-13(22-11(3)4)14(9-12)21-6-2/h7-9,11H,5-6,10H2,1-4H3,(H,16,17,19). The first kappa shape index (κ1) is 16.1. The van der Waals surface area contributed by atoms with Crippen molar-refractivity contribution < 1.29 is 9.47 Å². The number of rotatable bonds is 8. The van der Waals surface area contributed by atoms with E-state index in [1.807, 2.05) is 45.9 Å². The molecule has 0 saturated carbocycles. The summed E-state index contributed by atoms with van der Waals surface area (Å²) in [7, 11) is 0. The number of nitrogens with zero attached hydrogens (tertiary/aromatic N) is 4. The number of aryl methyl sites for hydroxylation is 1. The van der Waals surface area contributed by atoms with Crippen LogP contribution in [0.4, 0.5) is 5.95 Å². The molecule has 1 heterocycles. The Bertz CT molecular complexity index is 597. The van der Waals surface area contributed by atoms with Gasteiger partial charge in [0.25, 0.3) is 0 Å². The molecule has 0 unspecified atom stereocenters. The van der Waals surface area contributed by atoms with E-state index in [-0.39, 0.29) is 6.10 Å². The van der Waals surface area contributed by atoms with E-state index in [0.29, 0.717) is 19.1 Å². The summed E-state index contributed by atoms with van der Waals surface area (Å²) in [4.78, 5) is 0. The van der Waals surface area contributed by atoms with Crippen LogP contribution in [0.5, 0.6) is 11.5 Å². The average molecular weight is 305 g/mol. The van der Waals surface area contributed by atoms with Crippen molar-refractivity contribution in [1.29, 1.82) is 0 Å². The molecule has 2 aromatic rings. The number of hydrogen-bond acceptors (Lipinski definition) is 6. The molecule has 0 amide bonds. The molecule has 7 nitrogen and oxygen atoms in total. The molecular weight excluding hydrogens is 282 g/mol. The lowest BCUT2D eigenvalue weighted by Gasteiger charge is -2.15. The van der Waals surface area contributed by atoms with Crippen LogP contribution >= 0.6 is 0 Å². The summed E-state index contributed by atoms with van der Waals surface area (Å²) in [5, 5.41) is 14.7. The van der Waals surface area contributed by atoms with Gasteiger partial charge in [-0.15, -0.1) is 0 Å². The molecule has 1 aromatic heterocycles. The van der Waals surface area contributed by atoms with Crippen LogP contribution in [0.25, 0.3) is 0 Å². The molecule has 7 heteroatoms. The number of tetrazole rings is 1. The van der Waals surface area contributed by atoms with E-state index in [1.54, 1.807) is 4.68 Å². The third-order valence-corrected chi connectivity index (χ3v) is 2.95. The van der Waals surface area contributed by atoms with Crippen molar-refractivity contribution in [1.82, 2.24) is 20.2 Å². The summed E-state index contributed by atoms with van der Waals surface area (Å²) in [6, 6.07) is 5.92. The molecule has 0 bridgehead atoms. The van der Waals surface area contributed by atoms with Gasteiger partial charge in [-0.25, -0.2) is 4.68 Å². The topological polar surface area (TPSA) is 74.1 Å². The van der Waals surface area contributed by atoms with E-state index >= 15 is 0 Å². The van der Waals surface area contributed by atoms with Gasteiger partial charge in [0.2, 0.25) is 5.95 Å². The van der Waals surface area contributed by atoms with E-state index in [9.17, 15) is 0 Å². The Kier molecular flexibility index (Phi) is 5.57. The highest BCUT2D eigenvalue weighted by molar-refractivity contribution is 5.44. The largest absolute Gasteiger partial charge is 0.490 e. The minimum atomic E-state index is 0.109. The van der Waals surface area contributed by atoms with E-state index in [0.717, 1.165) is 23.6 Å². The fourth-order valence-corrected chi connectivity index (χ4v) is 2.01. The van der Waals surface area contributed by atoms with Gasteiger partial charge >= 0.3 is 0 Å². The number of ether oxygens (including phenoxy) is 2. The van der Waals surface area contributed by atoms with E-state index in [4.69, 9.17) is 9.47 Å². The van der Waals surface area contributed by atoms with Gasteiger partial charge in [0.05, 0.1) is 12.7 Å². The van der Waals surface area contributed by atoms with Crippen molar-refractivity contribution in [2.75, 3.05) is 11.9 Å². The first-order valence-corrected chi connectivity index (χ1v) is 7.56. The van der Waals surface area contributed by atoms with Crippen molar-refractivity contribution >= 4 is 5.95 Å². The molecule has 0 radical (unpaired) electrons. The zero-order valence-electron chi connectivity index (χ0n) is 13.5. The fourth-order valence-electron chi connectivity index (χ4n) is 2.01. The van der Waals surface area contributed by atoms with E-state index in [1.165, 1.54) is 0 Å². The molecule has 0 saturated heterocycles. The second-order valence-electron chi connectivity index (χ2n) is 5.05. The highest BCUT2D eigenvalue weighted by atomic mass is 16.5. The van der Waals surface area contributed by atoms with Crippen LogP contribution in [0.1, 0.15) is 33.3 Å². The monoisotopic (exact) mass is 305 g/mol. The average Bonchev–Trinajstić information content (AvgIpc) is 2.94. The maximum absolute atomic E-state index is 5.76. The number of benzene rings is 1. The summed E-state index contributed by atoms with van der Waals surface area (Å²) >= 11 is 0. The quantitative estimate of drug-likeness (QED) is 0.807. The summed E-state index contributed by atoms with van der Waals surface area (Å²) < 4.78 is 13.1. The van der Waals surface area contributed by atoms with Gasteiger partial charge in [-0.05, 0) is 55.8 Å². The van der Waals surface area contributed by atoms with E-state index < -0.39 is 0 Å². The summed E-state index contributed by atoms with van der Waals surface area (Å²) in [6.45, 7) is 9.88. The van der Waals surface area contributed by atoms with Gasteiger partial charge in [-0.1, -0.05) is 11.2 Å². The van der Waals surface area contributed by atoms with Crippen LogP contribution in [0.3, 0.4) is 0 Å². The molecule has 1 N–H and O–H groups in total. The molecule has 0 aliphatic heterocycles. The predicted octanol–water partition coefficient (Wildman–Crippen LogP) is 2.49. The van der Waals surface area contributed by atoms with Crippen LogP contribution in [-0.2, 0) is 13.1 Å². The Balaban J connectivity index is 2.09. The number of nitrogens with one attached hydrogen (secondary N) is 1. The zero-order chi connectivity index (χ0) is 15.9. The van der Waals surface area contributed by atoms with Crippen LogP contribution in [0, 0.1) is 0 Å². The normalized spacial score (nSPS) is 10.8. The molecule has 0 atom stereocenters. The van der Waals surface area contributed by atoms with Crippen molar-refractivity contribution in [3.8, 4) is 11.5 Å². The fraction of sp³-hybridized carbons (Fsp3) is 0.533. The molecule has 0 fully saturated rings. The Labute approximate surface area is 130 Å². The van der Waals surface area contributed by atoms with Gasteiger partial charge in [-0.3, -0.25) is 0 Å². The SMILES string of the molecule is CCOc1cc(CNc2nnnn2CC)ccc1OC(C)C. The number of aromatic nitrogens is 4. The van der Waals surface area contributed by atoms with Crippen molar-refractivity contribution in [3.63, 3.8) is 0 Å². The van der Waals surface area contributed by atoms with Gasteiger partial charge in [0.15, 0.2) is 11.5 Å². The van der Waals surface area contributed by atoms with Gasteiger partial charge in [0, 0.05) is 13.1 Å². The lowest BCUT2D eigenvalue weighted by Crippen LogP contribution is -2.09. The third kappa shape index (κ3) is 4.09. The number of anilines is 1. The van der Waals surface area contributed by atoms with Gasteiger partial charge < -0.3 is 14.8 Å². The van der Waals surface area contributed by atoms with Crippen LogP contribution < -0.4 is 14.8 Å². The zero-order valence-corrected chi connectivity index (χ0v) is 13.5. The molecule has 120 valence electrons. The molecule has 0 aliphatic carbocycles. The minimum Gasteiger partial charge on any atom is -0.490 e. The first-order valence-electron chi connectivity index (χ1n) is 7.56. The van der Waals surface area contributed by atoms with Crippen molar-refractivity contribution in [3.05, 3.63) is 23.8 Å². The van der Waals surface area contributed by atoms with E-state index in [2.05, 4.69) is 20.8 Å².